The van der Waals surface area contributed by atoms with Gasteiger partial charge in [-0.05, 0) is 30.3 Å². The molecule has 1 heterocycles. The first-order valence-electron chi connectivity index (χ1n) is 4.25. The molecule has 0 saturated carbocycles. The van der Waals surface area contributed by atoms with Gasteiger partial charge in [-0.1, -0.05) is 11.6 Å². The highest BCUT2D eigenvalue weighted by Crippen LogP contribution is 2.21. The Morgan fingerprint density at radius 3 is 2.80 bits per heavy atom. The molecule has 0 fully saturated rings. The Hall–Kier alpha value is -1.68. The molecule has 0 unspecified atom stereocenters. The lowest BCUT2D eigenvalue weighted by Crippen LogP contribution is -1.94. The first kappa shape index (κ1) is 9.86. The number of aromatic nitrogens is 2. The molecule has 0 aliphatic carbocycles. The van der Waals surface area contributed by atoms with Crippen LogP contribution < -0.4 is 5.32 Å². The van der Waals surface area contributed by atoms with Crippen molar-refractivity contribution >= 4 is 23.1 Å². The highest BCUT2D eigenvalue weighted by molar-refractivity contribution is 6.31. The fraction of sp³-hybridized carbons (Fsp3) is 0. The largest absolute Gasteiger partial charge is 0.339 e. The maximum absolute atomic E-state index is 12.8. The second-order valence-electron chi connectivity index (χ2n) is 2.86. The van der Waals surface area contributed by atoms with Crippen molar-refractivity contribution in [3.8, 4) is 0 Å². The number of hydrogen-bond acceptors (Lipinski definition) is 3. The van der Waals surface area contributed by atoms with Gasteiger partial charge in [0.05, 0.1) is 5.02 Å². The monoisotopic (exact) mass is 223 g/mol. The maximum atomic E-state index is 12.8. The van der Waals surface area contributed by atoms with Crippen molar-refractivity contribution in [2.24, 2.45) is 0 Å². The molecule has 1 aromatic heterocycles. The second kappa shape index (κ2) is 4.23. The molecule has 2 aromatic rings. The normalized spacial score (nSPS) is 10.0. The van der Waals surface area contributed by atoms with Crippen molar-refractivity contribution in [3.63, 3.8) is 0 Å². The summed E-state index contributed by atoms with van der Waals surface area (Å²) in [6, 6.07) is 7.87. The van der Waals surface area contributed by atoms with E-state index in [1.165, 1.54) is 12.1 Å². The number of anilines is 2. The number of nitrogens with one attached hydrogen (secondary N) is 1. The van der Waals surface area contributed by atoms with Gasteiger partial charge in [-0.15, -0.1) is 5.10 Å². The van der Waals surface area contributed by atoms with Crippen LogP contribution in [0.1, 0.15) is 0 Å². The number of hydrogen-bond donors (Lipinski definition) is 1. The zero-order chi connectivity index (χ0) is 10.7. The highest BCUT2D eigenvalue weighted by atomic mass is 35.5. The minimum absolute atomic E-state index is 0.0730. The molecule has 3 nitrogen and oxygen atoms in total. The summed E-state index contributed by atoms with van der Waals surface area (Å²) in [6.45, 7) is 0. The van der Waals surface area contributed by atoms with E-state index in [9.17, 15) is 4.39 Å². The molecule has 1 N–H and O–H groups in total. The van der Waals surface area contributed by atoms with Crippen LogP contribution in [-0.4, -0.2) is 10.2 Å². The van der Waals surface area contributed by atoms with E-state index >= 15 is 0 Å². The third-order valence-electron chi connectivity index (χ3n) is 1.76. The van der Waals surface area contributed by atoms with Crippen molar-refractivity contribution in [3.05, 3.63) is 47.4 Å². The van der Waals surface area contributed by atoms with E-state index in [0.29, 0.717) is 11.5 Å². The Labute approximate surface area is 90.9 Å². The Balaban J connectivity index is 2.22. The van der Waals surface area contributed by atoms with E-state index in [0.717, 1.165) is 0 Å². The van der Waals surface area contributed by atoms with Gasteiger partial charge >= 0.3 is 0 Å². The van der Waals surface area contributed by atoms with Crippen molar-refractivity contribution in [2.75, 3.05) is 5.32 Å². The molecule has 0 bridgehead atoms. The number of halogens is 2. The van der Waals surface area contributed by atoms with Crippen LogP contribution in [0.25, 0.3) is 0 Å². The van der Waals surface area contributed by atoms with E-state index in [1.807, 2.05) is 0 Å². The van der Waals surface area contributed by atoms with Gasteiger partial charge in [-0.25, -0.2) is 4.39 Å². The minimum atomic E-state index is -0.443. The average Bonchev–Trinajstić information content (AvgIpc) is 2.25. The number of rotatable bonds is 2. The summed E-state index contributed by atoms with van der Waals surface area (Å²) in [6.07, 6.45) is 1.57. The van der Waals surface area contributed by atoms with Gasteiger partial charge in [-0.2, -0.15) is 5.10 Å². The molecule has 0 radical (unpaired) electrons. The van der Waals surface area contributed by atoms with Crippen LogP contribution >= 0.6 is 11.6 Å². The Kier molecular flexibility index (Phi) is 2.78. The van der Waals surface area contributed by atoms with E-state index in [2.05, 4.69) is 15.5 Å². The highest BCUT2D eigenvalue weighted by Gasteiger charge is 2.01. The molecule has 76 valence electrons. The molecular formula is C10H7ClFN3. The van der Waals surface area contributed by atoms with Gasteiger partial charge in [0.1, 0.15) is 5.82 Å². The van der Waals surface area contributed by atoms with Gasteiger partial charge in [-0.3, -0.25) is 0 Å². The summed E-state index contributed by atoms with van der Waals surface area (Å²) in [7, 11) is 0. The van der Waals surface area contributed by atoms with Gasteiger partial charge in [0.15, 0.2) is 5.82 Å². The summed E-state index contributed by atoms with van der Waals surface area (Å²) in [5.74, 6) is 0.140. The number of benzene rings is 1. The van der Waals surface area contributed by atoms with E-state index in [4.69, 9.17) is 11.6 Å². The van der Waals surface area contributed by atoms with Gasteiger partial charge in [0, 0.05) is 11.9 Å². The molecule has 1 aromatic carbocycles. The minimum Gasteiger partial charge on any atom is -0.339 e. The molecule has 0 atom stereocenters. The van der Waals surface area contributed by atoms with Gasteiger partial charge in [0.2, 0.25) is 0 Å². The molecule has 0 aliphatic rings. The number of nitrogens with zero attached hydrogens (tertiary/aromatic N) is 2. The summed E-state index contributed by atoms with van der Waals surface area (Å²) in [4.78, 5) is 0. The average molecular weight is 224 g/mol. The van der Waals surface area contributed by atoms with Crippen LogP contribution in [0.5, 0.6) is 0 Å². The predicted octanol–water partition coefficient (Wildman–Crippen LogP) is 3.01. The summed E-state index contributed by atoms with van der Waals surface area (Å²) < 4.78 is 12.8. The van der Waals surface area contributed by atoms with Crippen LogP contribution in [0.2, 0.25) is 5.02 Å². The van der Waals surface area contributed by atoms with Crippen molar-refractivity contribution < 1.29 is 4.39 Å². The van der Waals surface area contributed by atoms with Gasteiger partial charge < -0.3 is 5.32 Å². The van der Waals surface area contributed by atoms with E-state index in [-0.39, 0.29) is 5.02 Å². The maximum Gasteiger partial charge on any atom is 0.153 e. The van der Waals surface area contributed by atoms with Crippen molar-refractivity contribution in [1.82, 2.24) is 10.2 Å². The molecule has 0 amide bonds. The quantitative estimate of drug-likeness (QED) is 0.851. The van der Waals surface area contributed by atoms with Gasteiger partial charge in [0.25, 0.3) is 0 Å². The standard InChI is InChI=1S/C10H7ClFN3/c11-8-6-7(3-4-9(8)12)14-10-2-1-5-13-15-10/h1-6H,(H,14,15). The third-order valence-corrected chi connectivity index (χ3v) is 2.05. The fourth-order valence-electron chi connectivity index (χ4n) is 1.09. The van der Waals surface area contributed by atoms with Crippen LogP contribution in [0.15, 0.2) is 36.5 Å². The van der Waals surface area contributed by atoms with Crippen molar-refractivity contribution in [1.29, 1.82) is 0 Å². The lowest BCUT2D eigenvalue weighted by atomic mass is 10.3. The van der Waals surface area contributed by atoms with E-state index in [1.54, 1.807) is 24.4 Å². The third kappa shape index (κ3) is 2.41. The fourth-order valence-corrected chi connectivity index (χ4v) is 1.27. The molecule has 0 aliphatic heterocycles. The summed E-state index contributed by atoms with van der Waals surface area (Å²) in [5, 5.41) is 10.5. The molecule has 2 rings (SSSR count). The zero-order valence-electron chi connectivity index (χ0n) is 7.61. The Morgan fingerprint density at radius 1 is 1.27 bits per heavy atom. The Bertz CT molecular complexity index is 461. The summed E-state index contributed by atoms with van der Waals surface area (Å²) in [5.41, 5.74) is 0.668. The second-order valence-corrected chi connectivity index (χ2v) is 3.27. The SMILES string of the molecule is Fc1ccc(Nc2cccnn2)cc1Cl. The molecule has 0 saturated heterocycles. The Morgan fingerprint density at radius 2 is 2.13 bits per heavy atom. The van der Waals surface area contributed by atoms with Crippen LogP contribution in [0.3, 0.4) is 0 Å². The van der Waals surface area contributed by atoms with Crippen LogP contribution in [-0.2, 0) is 0 Å². The lowest BCUT2D eigenvalue weighted by molar-refractivity contribution is 0.628. The van der Waals surface area contributed by atoms with Crippen LogP contribution in [0.4, 0.5) is 15.9 Å². The van der Waals surface area contributed by atoms with Crippen molar-refractivity contribution in [2.45, 2.75) is 0 Å². The molecule has 0 spiro atoms. The zero-order valence-corrected chi connectivity index (χ0v) is 8.37. The predicted molar refractivity (Wildman–Crippen MR) is 56.7 cm³/mol. The molecule has 15 heavy (non-hydrogen) atoms. The van der Waals surface area contributed by atoms with E-state index < -0.39 is 5.82 Å². The van der Waals surface area contributed by atoms with Crippen LogP contribution in [0, 0.1) is 5.82 Å². The molecular weight excluding hydrogens is 217 g/mol. The first-order valence-corrected chi connectivity index (χ1v) is 4.63. The summed E-state index contributed by atoms with van der Waals surface area (Å²) >= 11 is 5.63. The molecule has 5 heteroatoms. The topological polar surface area (TPSA) is 37.8 Å². The first-order chi connectivity index (χ1) is 7.25. The lowest BCUT2D eigenvalue weighted by Gasteiger charge is -2.04. The smallest absolute Gasteiger partial charge is 0.153 e.